The molecule has 1 aliphatic rings. The van der Waals surface area contributed by atoms with Crippen molar-refractivity contribution in [3.05, 3.63) is 69.4 Å². The fraction of sp³-hybridized carbons (Fsp3) is 0.200. The summed E-state index contributed by atoms with van der Waals surface area (Å²) in [6.45, 7) is 0.461. The minimum Gasteiger partial charge on any atom is -0.478 e. The van der Waals surface area contributed by atoms with Crippen LogP contribution in [0, 0.1) is 5.82 Å². The van der Waals surface area contributed by atoms with Crippen LogP contribution < -0.4 is 5.32 Å². The summed E-state index contributed by atoms with van der Waals surface area (Å²) in [6, 6.07) is 3.74. The van der Waals surface area contributed by atoms with Crippen LogP contribution in [0.1, 0.15) is 44.0 Å². The molecule has 0 fully saturated rings. The van der Waals surface area contributed by atoms with Gasteiger partial charge in [0, 0.05) is 18.3 Å². The second kappa shape index (κ2) is 7.90. The number of alkyl halides is 3. The summed E-state index contributed by atoms with van der Waals surface area (Å²) in [4.78, 5) is 27.8. The maximum atomic E-state index is 14.7. The largest absolute Gasteiger partial charge is 0.478 e. The number of benzene rings is 1. The molecule has 3 aromatic rings. The van der Waals surface area contributed by atoms with Crippen molar-refractivity contribution in [2.45, 2.75) is 19.0 Å². The van der Waals surface area contributed by atoms with E-state index in [0.29, 0.717) is 31.0 Å². The highest BCUT2D eigenvalue weighted by atomic mass is 35.5. The number of ketones is 1. The summed E-state index contributed by atoms with van der Waals surface area (Å²) in [6.07, 6.45) is -3.15. The Morgan fingerprint density at radius 3 is 2.62 bits per heavy atom. The molecule has 0 saturated heterocycles. The molecule has 1 aliphatic heterocycles. The molecule has 2 N–H and O–H groups in total. The smallest absolute Gasteiger partial charge is 0.417 e. The number of nitrogens with one attached hydrogen (secondary N) is 1. The predicted molar refractivity (Wildman–Crippen MR) is 105 cm³/mol. The number of carbonyl (C=O) groups is 2. The van der Waals surface area contributed by atoms with Gasteiger partial charge in [-0.15, -0.1) is 0 Å². The first-order valence-electron chi connectivity index (χ1n) is 9.25. The fourth-order valence-electron chi connectivity index (χ4n) is 3.52. The van der Waals surface area contributed by atoms with Gasteiger partial charge in [-0.3, -0.25) is 4.79 Å². The van der Waals surface area contributed by atoms with Crippen LogP contribution in [-0.4, -0.2) is 38.2 Å². The average Bonchev–Trinajstić information content (AvgIpc) is 3.12. The van der Waals surface area contributed by atoms with E-state index in [1.54, 1.807) is 0 Å². The van der Waals surface area contributed by atoms with Crippen LogP contribution in [0.15, 0.2) is 30.5 Å². The topological polar surface area (TPSA) is 97.1 Å². The van der Waals surface area contributed by atoms with E-state index in [1.807, 2.05) is 0 Å². The Balaban J connectivity index is 1.90. The van der Waals surface area contributed by atoms with Crippen LogP contribution in [-0.2, 0) is 12.6 Å². The summed E-state index contributed by atoms with van der Waals surface area (Å²) in [7, 11) is 0. The molecule has 0 bridgehead atoms. The number of fused-ring (bicyclic) bond motifs is 1. The minimum atomic E-state index is -4.86. The quantitative estimate of drug-likeness (QED) is 0.335. The van der Waals surface area contributed by atoms with Crippen LogP contribution in [0.4, 0.5) is 23.4 Å². The van der Waals surface area contributed by atoms with Gasteiger partial charge in [0.2, 0.25) is 5.78 Å². The van der Waals surface area contributed by atoms with Gasteiger partial charge < -0.3 is 10.4 Å². The number of hydrogen-bond acceptors (Lipinski definition) is 5. The lowest BCUT2D eigenvalue weighted by Gasteiger charge is -2.17. The molecule has 7 nitrogen and oxygen atoms in total. The predicted octanol–water partition coefficient (Wildman–Crippen LogP) is 4.37. The van der Waals surface area contributed by atoms with E-state index in [9.17, 15) is 27.2 Å². The number of aromatic nitrogens is 3. The number of carboxylic acid groups (broad SMARTS) is 1. The van der Waals surface area contributed by atoms with Gasteiger partial charge in [-0.05, 0) is 37.1 Å². The summed E-state index contributed by atoms with van der Waals surface area (Å²) in [5.41, 5.74) is -2.60. The van der Waals surface area contributed by atoms with Gasteiger partial charge in [0.1, 0.15) is 28.2 Å². The zero-order valence-corrected chi connectivity index (χ0v) is 16.8. The van der Waals surface area contributed by atoms with Crippen molar-refractivity contribution >= 4 is 29.2 Å². The second-order valence-corrected chi connectivity index (χ2v) is 7.30. The van der Waals surface area contributed by atoms with E-state index in [2.05, 4.69) is 15.4 Å². The SMILES string of the molecule is O=C(O)c1ccc(-n2nc(C(=O)c3c(C(F)(F)F)ccnc3Cl)c3c2NCCC3)c(F)c1. The Morgan fingerprint density at radius 2 is 1.97 bits per heavy atom. The average molecular weight is 469 g/mol. The molecule has 0 amide bonds. The number of pyridine rings is 1. The number of carboxylic acids is 1. The molecule has 0 radical (unpaired) electrons. The number of halogens is 5. The van der Waals surface area contributed by atoms with E-state index in [-0.39, 0.29) is 22.8 Å². The van der Waals surface area contributed by atoms with Crippen LogP contribution in [0.5, 0.6) is 0 Å². The van der Waals surface area contributed by atoms with Gasteiger partial charge in [-0.1, -0.05) is 11.6 Å². The Kier molecular flexibility index (Phi) is 5.37. The molecule has 2 aromatic heterocycles. The second-order valence-electron chi connectivity index (χ2n) is 6.94. The normalized spacial score (nSPS) is 13.4. The van der Waals surface area contributed by atoms with Crippen LogP contribution in [0.3, 0.4) is 0 Å². The first-order valence-corrected chi connectivity index (χ1v) is 9.62. The van der Waals surface area contributed by atoms with Crippen molar-refractivity contribution in [1.82, 2.24) is 14.8 Å². The molecule has 0 spiro atoms. The van der Waals surface area contributed by atoms with E-state index < -0.39 is 40.0 Å². The molecular formula is C20H13ClF4N4O3. The molecular weight excluding hydrogens is 456 g/mol. The molecule has 3 heterocycles. The number of rotatable bonds is 4. The molecule has 0 aliphatic carbocycles. The Bertz CT molecular complexity index is 1260. The van der Waals surface area contributed by atoms with Crippen molar-refractivity contribution < 1.29 is 32.3 Å². The van der Waals surface area contributed by atoms with Gasteiger partial charge in [0.15, 0.2) is 0 Å². The molecule has 0 atom stereocenters. The summed E-state index contributed by atoms with van der Waals surface area (Å²) in [5.74, 6) is -3.14. The highest BCUT2D eigenvalue weighted by Crippen LogP contribution is 2.37. The summed E-state index contributed by atoms with van der Waals surface area (Å²) in [5, 5.41) is 15.5. The molecule has 0 unspecified atom stereocenters. The third-order valence-corrected chi connectivity index (χ3v) is 5.24. The molecule has 166 valence electrons. The van der Waals surface area contributed by atoms with Crippen LogP contribution in [0.2, 0.25) is 5.15 Å². The van der Waals surface area contributed by atoms with Crippen molar-refractivity contribution in [2.75, 3.05) is 11.9 Å². The molecule has 32 heavy (non-hydrogen) atoms. The standard InChI is InChI=1S/C20H13ClF4N4O3/c21-17-14(11(5-7-26-17)20(23,24)25)16(30)15-10-2-1-6-27-18(10)29(28-15)13-4-3-9(19(31)32)8-12(13)22/h3-5,7-8,27H,1-2,6H2,(H,31,32). The van der Waals surface area contributed by atoms with Crippen LogP contribution >= 0.6 is 11.6 Å². The van der Waals surface area contributed by atoms with Crippen molar-refractivity contribution in [1.29, 1.82) is 0 Å². The third-order valence-electron chi connectivity index (χ3n) is 4.95. The Labute approximate surface area is 182 Å². The van der Waals surface area contributed by atoms with Gasteiger partial charge in [0.05, 0.1) is 16.7 Å². The number of hydrogen-bond donors (Lipinski definition) is 2. The van der Waals surface area contributed by atoms with Crippen molar-refractivity contribution in [3.63, 3.8) is 0 Å². The first kappa shape index (κ1) is 21.8. The van der Waals surface area contributed by atoms with Crippen LogP contribution in [0.25, 0.3) is 5.69 Å². The monoisotopic (exact) mass is 468 g/mol. The maximum Gasteiger partial charge on any atom is 0.417 e. The van der Waals surface area contributed by atoms with Gasteiger partial charge in [-0.25, -0.2) is 18.9 Å². The lowest BCUT2D eigenvalue weighted by molar-refractivity contribution is -0.137. The van der Waals surface area contributed by atoms with Gasteiger partial charge in [0.25, 0.3) is 0 Å². The number of aromatic carboxylic acids is 1. The zero-order valence-electron chi connectivity index (χ0n) is 16.0. The molecule has 12 heteroatoms. The third kappa shape index (κ3) is 3.68. The Hall–Kier alpha value is -3.47. The van der Waals surface area contributed by atoms with E-state index in [1.165, 1.54) is 0 Å². The van der Waals surface area contributed by atoms with E-state index >= 15 is 0 Å². The number of anilines is 1. The van der Waals surface area contributed by atoms with Gasteiger partial charge >= 0.3 is 12.1 Å². The molecule has 4 rings (SSSR count). The number of carbonyl (C=O) groups excluding carboxylic acids is 1. The summed E-state index contributed by atoms with van der Waals surface area (Å²) >= 11 is 5.86. The molecule has 0 saturated carbocycles. The maximum absolute atomic E-state index is 14.7. The number of nitrogens with zero attached hydrogens (tertiary/aromatic N) is 3. The fourth-order valence-corrected chi connectivity index (χ4v) is 3.76. The zero-order chi connectivity index (χ0) is 23.2. The highest BCUT2D eigenvalue weighted by Gasteiger charge is 2.39. The Morgan fingerprint density at radius 1 is 1.22 bits per heavy atom. The van der Waals surface area contributed by atoms with Crippen molar-refractivity contribution in [2.24, 2.45) is 0 Å². The van der Waals surface area contributed by atoms with Crippen molar-refractivity contribution in [3.8, 4) is 5.69 Å². The molecule has 1 aromatic carbocycles. The van der Waals surface area contributed by atoms with Gasteiger partial charge in [-0.2, -0.15) is 18.3 Å². The highest BCUT2D eigenvalue weighted by molar-refractivity contribution is 6.34. The summed E-state index contributed by atoms with van der Waals surface area (Å²) < 4.78 is 56.2. The lowest BCUT2D eigenvalue weighted by Crippen LogP contribution is -2.18. The van der Waals surface area contributed by atoms with E-state index in [4.69, 9.17) is 16.7 Å². The lowest BCUT2D eigenvalue weighted by atomic mass is 9.98. The first-order chi connectivity index (χ1) is 15.1. The minimum absolute atomic E-state index is 0.173. The van der Waals surface area contributed by atoms with E-state index in [0.717, 1.165) is 29.1 Å².